The molecule has 0 aliphatic rings. The fraction of sp³-hybridized carbons (Fsp3) is 0.538. The second kappa shape index (κ2) is 6.84. The maximum atomic E-state index is 6.08. The monoisotopic (exact) mass is 256 g/mol. The van der Waals surface area contributed by atoms with Crippen molar-refractivity contribution in [3.8, 4) is 5.75 Å². The molecule has 1 aromatic rings. The van der Waals surface area contributed by atoms with Crippen LogP contribution in [0.4, 0.5) is 0 Å². The van der Waals surface area contributed by atoms with E-state index < -0.39 is 0 Å². The second-order valence-electron chi connectivity index (χ2n) is 4.28. The lowest BCUT2D eigenvalue weighted by molar-refractivity contribution is 0.266. The van der Waals surface area contributed by atoms with Gasteiger partial charge in [-0.25, -0.2) is 0 Å². The molecule has 1 rings (SSSR count). The minimum Gasteiger partial charge on any atom is -0.495 e. The summed E-state index contributed by atoms with van der Waals surface area (Å²) in [6.45, 7) is 3.78. The van der Waals surface area contributed by atoms with Gasteiger partial charge in [0.2, 0.25) is 0 Å². The van der Waals surface area contributed by atoms with Crippen molar-refractivity contribution in [3.05, 3.63) is 28.8 Å². The molecule has 96 valence electrons. The van der Waals surface area contributed by atoms with Crippen LogP contribution in [0, 0.1) is 0 Å². The first-order valence-electron chi connectivity index (χ1n) is 5.81. The molecular weight excluding hydrogens is 236 g/mol. The second-order valence-corrected chi connectivity index (χ2v) is 4.69. The number of methoxy groups -OCH3 is 1. The number of nitrogens with two attached hydrogens (primary N) is 1. The average Bonchev–Trinajstić information content (AvgIpc) is 2.35. The predicted octanol–water partition coefficient (Wildman–Crippen LogP) is 2.17. The van der Waals surface area contributed by atoms with Crippen LogP contribution in [0.2, 0.25) is 5.02 Å². The van der Waals surface area contributed by atoms with Gasteiger partial charge in [-0.15, -0.1) is 0 Å². The van der Waals surface area contributed by atoms with E-state index in [9.17, 15) is 0 Å². The maximum Gasteiger partial charge on any atom is 0.137 e. The Kier molecular flexibility index (Phi) is 5.75. The zero-order chi connectivity index (χ0) is 12.8. The summed E-state index contributed by atoms with van der Waals surface area (Å²) in [7, 11) is 3.71. The first-order valence-corrected chi connectivity index (χ1v) is 6.19. The van der Waals surface area contributed by atoms with Gasteiger partial charge in [0.25, 0.3) is 0 Å². The zero-order valence-electron chi connectivity index (χ0n) is 10.7. The summed E-state index contributed by atoms with van der Waals surface area (Å²) in [5.74, 6) is 0.721. The van der Waals surface area contributed by atoms with Gasteiger partial charge in [-0.3, -0.25) is 0 Å². The third kappa shape index (κ3) is 4.19. The van der Waals surface area contributed by atoms with Crippen LogP contribution in [-0.2, 0) is 6.42 Å². The van der Waals surface area contributed by atoms with E-state index in [1.807, 2.05) is 18.2 Å². The van der Waals surface area contributed by atoms with Crippen LogP contribution in [0.5, 0.6) is 5.75 Å². The average molecular weight is 257 g/mol. The molecule has 17 heavy (non-hydrogen) atoms. The number of hydrogen-bond donors (Lipinski definition) is 1. The summed E-state index contributed by atoms with van der Waals surface area (Å²) in [6.07, 6.45) is 0.963. The normalized spacial score (nSPS) is 12.8. The van der Waals surface area contributed by atoms with Crippen LogP contribution in [0.15, 0.2) is 18.2 Å². The van der Waals surface area contributed by atoms with Crippen molar-refractivity contribution in [1.29, 1.82) is 0 Å². The molecule has 0 aliphatic carbocycles. The number of hydrogen-bond acceptors (Lipinski definition) is 3. The molecular formula is C13H21ClN2O. The van der Waals surface area contributed by atoms with Gasteiger partial charge in [-0.2, -0.15) is 0 Å². The number of benzene rings is 1. The van der Waals surface area contributed by atoms with Crippen LogP contribution >= 0.6 is 11.6 Å². The van der Waals surface area contributed by atoms with Gasteiger partial charge in [0, 0.05) is 19.1 Å². The number of likely N-dealkylation sites (N-methyl/N-ethyl adjacent to an activating group) is 1. The molecule has 0 fully saturated rings. The molecule has 1 unspecified atom stereocenters. The van der Waals surface area contributed by atoms with Crippen molar-refractivity contribution < 1.29 is 4.74 Å². The zero-order valence-corrected chi connectivity index (χ0v) is 11.5. The minimum atomic E-state index is 0.406. The smallest absolute Gasteiger partial charge is 0.137 e. The largest absolute Gasteiger partial charge is 0.495 e. The summed E-state index contributed by atoms with van der Waals surface area (Å²) >= 11 is 6.08. The molecule has 2 N–H and O–H groups in total. The highest BCUT2D eigenvalue weighted by Crippen LogP contribution is 2.25. The van der Waals surface area contributed by atoms with Crippen LogP contribution < -0.4 is 10.5 Å². The van der Waals surface area contributed by atoms with Crippen molar-refractivity contribution in [2.24, 2.45) is 5.73 Å². The van der Waals surface area contributed by atoms with E-state index in [1.165, 1.54) is 5.56 Å². The molecule has 0 radical (unpaired) electrons. The van der Waals surface area contributed by atoms with Crippen molar-refractivity contribution in [3.63, 3.8) is 0 Å². The van der Waals surface area contributed by atoms with Gasteiger partial charge < -0.3 is 15.4 Å². The Balaban J connectivity index is 2.55. The Morgan fingerprint density at radius 3 is 2.71 bits per heavy atom. The SMILES string of the molecule is COc1ccc(CCN(C)C(C)CN)cc1Cl. The van der Waals surface area contributed by atoms with Gasteiger partial charge in [0.15, 0.2) is 0 Å². The van der Waals surface area contributed by atoms with Crippen molar-refractivity contribution in [1.82, 2.24) is 4.90 Å². The first kappa shape index (κ1) is 14.3. The number of halogens is 1. The van der Waals surface area contributed by atoms with E-state index in [4.69, 9.17) is 22.1 Å². The highest BCUT2D eigenvalue weighted by atomic mass is 35.5. The highest BCUT2D eigenvalue weighted by Gasteiger charge is 2.07. The maximum absolute atomic E-state index is 6.08. The van der Waals surface area contributed by atoms with E-state index >= 15 is 0 Å². The molecule has 0 aromatic heterocycles. The lowest BCUT2D eigenvalue weighted by atomic mass is 10.1. The number of nitrogens with zero attached hydrogens (tertiary/aromatic N) is 1. The molecule has 0 heterocycles. The molecule has 3 nitrogen and oxygen atoms in total. The molecule has 0 spiro atoms. The quantitative estimate of drug-likeness (QED) is 0.848. The molecule has 0 saturated carbocycles. The van der Waals surface area contributed by atoms with Crippen LogP contribution in [-0.4, -0.2) is 38.2 Å². The molecule has 0 aliphatic heterocycles. The standard InChI is InChI=1S/C13H21ClN2O/c1-10(9-15)16(2)7-6-11-4-5-13(17-3)12(14)8-11/h4-5,8,10H,6-7,9,15H2,1-3H3. The summed E-state index contributed by atoms with van der Waals surface area (Å²) in [5.41, 5.74) is 6.84. The molecule has 1 aromatic carbocycles. The topological polar surface area (TPSA) is 38.5 Å². The van der Waals surface area contributed by atoms with E-state index in [0.29, 0.717) is 17.6 Å². The van der Waals surface area contributed by atoms with Crippen molar-refractivity contribution in [2.75, 3.05) is 27.2 Å². The Hall–Kier alpha value is -0.770. The van der Waals surface area contributed by atoms with E-state index in [-0.39, 0.29) is 0 Å². The lowest BCUT2D eigenvalue weighted by Crippen LogP contribution is -2.36. The molecule has 4 heteroatoms. The fourth-order valence-electron chi connectivity index (χ4n) is 1.57. The van der Waals surface area contributed by atoms with Gasteiger partial charge in [-0.05, 0) is 38.1 Å². The van der Waals surface area contributed by atoms with Crippen molar-refractivity contribution >= 4 is 11.6 Å². The van der Waals surface area contributed by atoms with Gasteiger partial charge >= 0.3 is 0 Å². The molecule has 0 saturated heterocycles. The fourth-order valence-corrected chi connectivity index (χ4v) is 1.85. The lowest BCUT2D eigenvalue weighted by Gasteiger charge is -2.23. The van der Waals surface area contributed by atoms with Gasteiger partial charge in [-0.1, -0.05) is 17.7 Å². The molecule has 1 atom stereocenters. The summed E-state index contributed by atoms with van der Waals surface area (Å²) < 4.78 is 5.12. The summed E-state index contributed by atoms with van der Waals surface area (Å²) in [4.78, 5) is 2.25. The Morgan fingerprint density at radius 2 is 2.18 bits per heavy atom. The Bertz CT molecular complexity index is 357. The van der Waals surface area contributed by atoms with Crippen molar-refractivity contribution in [2.45, 2.75) is 19.4 Å². The molecule has 0 bridgehead atoms. The van der Waals surface area contributed by atoms with Gasteiger partial charge in [0.1, 0.15) is 5.75 Å². The Labute approximate surface area is 109 Å². The highest BCUT2D eigenvalue weighted by molar-refractivity contribution is 6.32. The molecule has 0 amide bonds. The third-order valence-corrected chi connectivity index (χ3v) is 3.36. The first-order chi connectivity index (χ1) is 8.08. The van der Waals surface area contributed by atoms with E-state index in [0.717, 1.165) is 18.7 Å². The van der Waals surface area contributed by atoms with Crippen LogP contribution in [0.25, 0.3) is 0 Å². The Morgan fingerprint density at radius 1 is 1.47 bits per heavy atom. The van der Waals surface area contributed by atoms with E-state index in [1.54, 1.807) is 7.11 Å². The minimum absolute atomic E-state index is 0.406. The number of rotatable bonds is 6. The predicted molar refractivity (Wildman–Crippen MR) is 72.9 cm³/mol. The van der Waals surface area contributed by atoms with Crippen LogP contribution in [0.1, 0.15) is 12.5 Å². The summed E-state index contributed by atoms with van der Waals surface area (Å²) in [5, 5.41) is 0.666. The van der Waals surface area contributed by atoms with E-state index in [2.05, 4.69) is 18.9 Å². The summed E-state index contributed by atoms with van der Waals surface area (Å²) in [6, 6.07) is 6.32. The van der Waals surface area contributed by atoms with Gasteiger partial charge in [0.05, 0.1) is 12.1 Å². The number of ether oxygens (including phenoxy) is 1. The van der Waals surface area contributed by atoms with Crippen LogP contribution in [0.3, 0.4) is 0 Å². The third-order valence-electron chi connectivity index (χ3n) is 3.06.